The lowest BCUT2D eigenvalue weighted by atomic mass is 10.1. The smallest absolute Gasteiger partial charge is 0.258 e. The molecule has 1 fully saturated rings. The number of hydrogen-bond acceptors (Lipinski definition) is 4. The highest BCUT2D eigenvalue weighted by atomic mass is 19.1. The number of amides is 1. The Morgan fingerprint density at radius 1 is 0.882 bits per heavy atom. The molecule has 4 rings (SSSR count). The number of carbonyl (C=O) groups excluding carboxylic acids is 1. The number of hydrogen-bond donors (Lipinski definition) is 0. The van der Waals surface area contributed by atoms with Crippen LogP contribution in [0.5, 0.6) is 5.75 Å². The summed E-state index contributed by atoms with van der Waals surface area (Å²) in [5, 5.41) is 0. The number of benzene rings is 3. The van der Waals surface area contributed by atoms with Crippen molar-refractivity contribution in [1.29, 1.82) is 0 Å². The average molecular weight is 466 g/mol. The van der Waals surface area contributed by atoms with Gasteiger partial charge in [0, 0.05) is 44.0 Å². The van der Waals surface area contributed by atoms with Gasteiger partial charge < -0.3 is 14.5 Å². The Kier molecular flexibility index (Phi) is 7.75. The zero-order chi connectivity index (χ0) is 23.9. The van der Waals surface area contributed by atoms with E-state index < -0.39 is 5.82 Å². The zero-order valence-corrected chi connectivity index (χ0v) is 19.3. The van der Waals surface area contributed by atoms with Crippen molar-refractivity contribution < 1.29 is 18.3 Å². The van der Waals surface area contributed by atoms with Crippen LogP contribution < -0.4 is 14.5 Å². The van der Waals surface area contributed by atoms with Crippen molar-refractivity contribution in [3.05, 3.63) is 90.0 Å². The summed E-state index contributed by atoms with van der Waals surface area (Å²) in [6.07, 6.45) is 0.763. The van der Waals surface area contributed by atoms with E-state index in [0.29, 0.717) is 17.8 Å². The van der Waals surface area contributed by atoms with Gasteiger partial charge in [0.1, 0.15) is 17.4 Å². The van der Waals surface area contributed by atoms with Gasteiger partial charge in [0.05, 0.1) is 12.8 Å². The summed E-state index contributed by atoms with van der Waals surface area (Å²) in [6.45, 7) is 4.96. The van der Waals surface area contributed by atoms with Crippen LogP contribution in [0.15, 0.2) is 72.8 Å². The highest BCUT2D eigenvalue weighted by Gasteiger charge is 2.21. The SMILES string of the molecule is COc1ccccc1N1CCN(CCCN(C(=O)c2ccc(F)cc2)c2ccc(F)cc2)CC1. The summed E-state index contributed by atoms with van der Waals surface area (Å²) >= 11 is 0. The first-order valence-electron chi connectivity index (χ1n) is 11.5. The second kappa shape index (κ2) is 11.1. The van der Waals surface area contributed by atoms with Crippen molar-refractivity contribution >= 4 is 17.3 Å². The Labute approximate surface area is 199 Å². The maximum Gasteiger partial charge on any atom is 0.258 e. The molecule has 178 valence electrons. The molecule has 1 aliphatic rings. The van der Waals surface area contributed by atoms with Crippen LogP contribution in [0, 0.1) is 11.6 Å². The van der Waals surface area contributed by atoms with Gasteiger partial charge in [-0.05, 0) is 73.6 Å². The third-order valence-electron chi connectivity index (χ3n) is 6.13. The van der Waals surface area contributed by atoms with E-state index in [-0.39, 0.29) is 11.7 Å². The summed E-state index contributed by atoms with van der Waals surface area (Å²) in [4.78, 5) is 19.5. The number of anilines is 2. The van der Waals surface area contributed by atoms with Crippen LogP contribution in [-0.2, 0) is 0 Å². The highest BCUT2D eigenvalue weighted by molar-refractivity contribution is 6.06. The number of piperazine rings is 1. The zero-order valence-electron chi connectivity index (χ0n) is 19.3. The molecule has 5 nitrogen and oxygen atoms in total. The first-order chi connectivity index (χ1) is 16.5. The van der Waals surface area contributed by atoms with Crippen LogP contribution >= 0.6 is 0 Å². The van der Waals surface area contributed by atoms with E-state index in [1.807, 2.05) is 18.2 Å². The lowest BCUT2D eigenvalue weighted by Gasteiger charge is -2.37. The molecule has 1 saturated heterocycles. The first kappa shape index (κ1) is 23.7. The fourth-order valence-electron chi connectivity index (χ4n) is 4.27. The molecule has 0 N–H and O–H groups in total. The molecule has 1 amide bonds. The molecule has 1 aliphatic heterocycles. The number of rotatable bonds is 8. The van der Waals surface area contributed by atoms with Gasteiger partial charge in [0.25, 0.3) is 5.91 Å². The summed E-state index contributed by atoms with van der Waals surface area (Å²) in [7, 11) is 1.69. The molecule has 0 bridgehead atoms. The Bertz CT molecular complexity index is 1080. The van der Waals surface area contributed by atoms with Crippen molar-refractivity contribution in [2.75, 3.05) is 56.2 Å². The third kappa shape index (κ3) is 5.72. The number of methoxy groups -OCH3 is 1. The predicted octanol–water partition coefficient (Wildman–Crippen LogP) is 4.83. The van der Waals surface area contributed by atoms with E-state index in [2.05, 4.69) is 15.9 Å². The predicted molar refractivity (Wildman–Crippen MR) is 131 cm³/mol. The normalized spacial score (nSPS) is 14.1. The number of ether oxygens (including phenoxy) is 1. The number of carbonyl (C=O) groups is 1. The highest BCUT2D eigenvalue weighted by Crippen LogP contribution is 2.28. The second-order valence-corrected chi connectivity index (χ2v) is 8.29. The third-order valence-corrected chi connectivity index (χ3v) is 6.13. The van der Waals surface area contributed by atoms with Gasteiger partial charge in [-0.15, -0.1) is 0 Å². The van der Waals surface area contributed by atoms with Crippen LogP contribution in [0.2, 0.25) is 0 Å². The summed E-state index contributed by atoms with van der Waals surface area (Å²) in [5.74, 6) is -0.0965. The summed E-state index contributed by atoms with van der Waals surface area (Å²) in [5.41, 5.74) is 2.13. The maximum atomic E-state index is 13.5. The van der Waals surface area contributed by atoms with E-state index in [1.165, 1.54) is 36.4 Å². The van der Waals surface area contributed by atoms with E-state index >= 15 is 0 Å². The molecular formula is C27H29F2N3O2. The Hall–Kier alpha value is -3.45. The number of para-hydroxylation sites is 2. The number of halogens is 2. The van der Waals surface area contributed by atoms with Crippen molar-refractivity contribution in [2.45, 2.75) is 6.42 Å². The Morgan fingerprint density at radius 2 is 1.50 bits per heavy atom. The van der Waals surface area contributed by atoms with Gasteiger partial charge in [-0.25, -0.2) is 8.78 Å². The van der Waals surface area contributed by atoms with E-state index in [4.69, 9.17) is 4.74 Å². The molecule has 3 aromatic rings. The van der Waals surface area contributed by atoms with E-state index in [9.17, 15) is 13.6 Å². The molecule has 0 unspecified atom stereocenters. The molecule has 0 saturated carbocycles. The van der Waals surface area contributed by atoms with Crippen LogP contribution in [0.3, 0.4) is 0 Å². The molecule has 7 heteroatoms. The number of nitrogens with zero attached hydrogens (tertiary/aromatic N) is 3. The second-order valence-electron chi connectivity index (χ2n) is 8.29. The fraction of sp³-hybridized carbons (Fsp3) is 0.296. The molecule has 0 radical (unpaired) electrons. The van der Waals surface area contributed by atoms with Crippen molar-refractivity contribution in [1.82, 2.24) is 4.90 Å². The lowest BCUT2D eigenvalue weighted by molar-refractivity contribution is 0.0985. The first-order valence-corrected chi connectivity index (χ1v) is 11.5. The summed E-state index contributed by atoms with van der Waals surface area (Å²) in [6, 6.07) is 19.4. The van der Waals surface area contributed by atoms with Gasteiger partial charge in [0.2, 0.25) is 0 Å². The van der Waals surface area contributed by atoms with E-state index in [0.717, 1.165) is 50.6 Å². The largest absolute Gasteiger partial charge is 0.495 e. The van der Waals surface area contributed by atoms with Gasteiger partial charge in [-0.2, -0.15) is 0 Å². The minimum atomic E-state index is -0.392. The van der Waals surface area contributed by atoms with Crippen LogP contribution in [0.25, 0.3) is 0 Å². The molecule has 1 heterocycles. The van der Waals surface area contributed by atoms with Crippen LogP contribution in [0.4, 0.5) is 20.2 Å². The Morgan fingerprint density at radius 3 is 2.15 bits per heavy atom. The van der Waals surface area contributed by atoms with Crippen molar-refractivity contribution in [2.24, 2.45) is 0 Å². The van der Waals surface area contributed by atoms with E-state index in [1.54, 1.807) is 24.1 Å². The standard InChI is InChI=1S/C27H29F2N3O2/c1-34-26-6-3-2-5-25(26)31-19-17-30(18-20-31)15-4-16-32(24-13-11-23(29)12-14-24)27(33)21-7-9-22(28)10-8-21/h2-3,5-14H,4,15-20H2,1H3. The minimum Gasteiger partial charge on any atom is -0.495 e. The van der Waals surface area contributed by atoms with Crippen LogP contribution in [0.1, 0.15) is 16.8 Å². The molecule has 0 aliphatic carbocycles. The molecule has 34 heavy (non-hydrogen) atoms. The average Bonchev–Trinajstić information content (AvgIpc) is 2.88. The molecule has 3 aromatic carbocycles. The lowest BCUT2D eigenvalue weighted by Crippen LogP contribution is -2.47. The Balaban J connectivity index is 1.36. The monoisotopic (exact) mass is 465 g/mol. The fourth-order valence-corrected chi connectivity index (χ4v) is 4.27. The molecule has 0 spiro atoms. The van der Waals surface area contributed by atoms with Gasteiger partial charge in [-0.3, -0.25) is 9.69 Å². The van der Waals surface area contributed by atoms with Gasteiger partial charge >= 0.3 is 0 Å². The maximum absolute atomic E-state index is 13.5. The van der Waals surface area contributed by atoms with Crippen LogP contribution in [-0.4, -0.2) is 57.2 Å². The molecule has 0 aromatic heterocycles. The minimum absolute atomic E-state index is 0.229. The van der Waals surface area contributed by atoms with Crippen molar-refractivity contribution in [3.8, 4) is 5.75 Å². The molecular weight excluding hydrogens is 436 g/mol. The van der Waals surface area contributed by atoms with Gasteiger partial charge in [-0.1, -0.05) is 12.1 Å². The van der Waals surface area contributed by atoms with Gasteiger partial charge in [0.15, 0.2) is 0 Å². The topological polar surface area (TPSA) is 36.0 Å². The summed E-state index contributed by atoms with van der Waals surface area (Å²) < 4.78 is 32.3. The quantitative estimate of drug-likeness (QED) is 0.477. The van der Waals surface area contributed by atoms with Crippen molar-refractivity contribution in [3.63, 3.8) is 0 Å². The molecule has 0 atom stereocenters.